The lowest BCUT2D eigenvalue weighted by molar-refractivity contribution is 0.298. The van der Waals surface area contributed by atoms with Crippen LogP contribution in [0.3, 0.4) is 0 Å². The number of benzene rings is 1. The molecule has 44 heavy (non-hydrogen) atoms. The minimum absolute atomic E-state index is 0.330. The number of nitriles is 1. The van der Waals surface area contributed by atoms with Gasteiger partial charge in [0.05, 0.1) is 5.69 Å². The molecule has 0 spiro atoms. The monoisotopic (exact) mass is 608 g/mol. The molecule has 0 radical (unpaired) electrons. The van der Waals surface area contributed by atoms with Crippen LogP contribution in [0.5, 0.6) is 0 Å². The molecule has 5 aromatic rings. The molecule has 7 rings (SSSR count). The molecule has 1 aromatic carbocycles. The van der Waals surface area contributed by atoms with Gasteiger partial charge in [0, 0.05) is 80.6 Å². The topological polar surface area (TPSA) is 110 Å². The van der Waals surface area contributed by atoms with Gasteiger partial charge in [-0.2, -0.15) is 5.26 Å². The van der Waals surface area contributed by atoms with Crippen molar-refractivity contribution in [3.8, 4) is 28.5 Å². The van der Waals surface area contributed by atoms with Gasteiger partial charge in [0.25, 0.3) is 0 Å². The lowest BCUT2D eigenvalue weighted by atomic mass is 10.0. The fourth-order valence-electron chi connectivity index (χ4n) is 5.89. The SMILES string of the molecule is CCc1nc2ccc(-c3cnc(N4CCC(NC5CNC5)CC4)nc3)cn2c1N(C)c1nc(-c2ccc(F)cc2)c(C#N)s1. The van der Waals surface area contributed by atoms with Crippen molar-refractivity contribution in [2.45, 2.75) is 38.3 Å². The zero-order valence-corrected chi connectivity index (χ0v) is 25.5. The van der Waals surface area contributed by atoms with Gasteiger partial charge in [0.15, 0.2) is 5.13 Å². The first-order valence-electron chi connectivity index (χ1n) is 15.0. The van der Waals surface area contributed by atoms with Gasteiger partial charge in [-0.1, -0.05) is 18.3 Å². The van der Waals surface area contributed by atoms with Gasteiger partial charge in [-0.05, 0) is 55.7 Å². The number of aromatic nitrogens is 5. The Morgan fingerprint density at radius 1 is 1.02 bits per heavy atom. The number of rotatable bonds is 8. The van der Waals surface area contributed by atoms with E-state index in [1.165, 1.54) is 23.5 Å². The molecule has 0 unspecified atom stereocenters. The third-order valence-corrected chi connectivity index (χ3v) is 9.48. The van der Waals surface area contributed by atoms with Crippen molar-refractivity contribution in [2.24, 2.45) is 0 Å². The number of hydrogen-bond acceptors (Lipinski definition) is 10. The van der Waals surface area contributed by atoms with E-state index in [0.29, 0.717) is 33.3 Å². The summed E-state index contributed by atoms with van der Waals surface area (Å²) in [5.41, 5.74) is 4.87. The second kappa shape index (κ2) is 11.9. The first-order chi connectivity index (χ1) is 21.5. The molecule has 2 fully saturated rings. The van der Waals surface area contributed by atoms with Gasteiger partial charge >= 0.3 is 0 Å². The van der Waals surface area contributed by atoms with Crippen LogP contribution < -0.4 is 20.4 Å². The summed E-state index contributed by atoms with van der Waals surface area (Å²) in [6.45, 7) is 6.10. The number of nitrogens with zero attached hydrogens (tertiary/aromatic N) is 8. The third-order valence-electron chi connectivity index (χ3n) is 8.44. The van der Waals surface area contributed by atoms with Gasteiger partial charge in [-0.25, -0.2) is 24.3 Å². The molecule has 0 amide bonds. The van der Waals surface area contributed by atoms with E-state index in [4.69, 9.17) is 19.9 Å². The fourth-order valence-corrected chi connectivity index (χ4v) is 6.73. The van der Waals surface area contributed by atoms with Crippen LogP contribution in [-0.4, -0.2) is 69.6 Å². The Bertz CT molecular complexity index is 1810. The van der Waals surface area contributed by atoms with Crippen molar-refractivity contribution in [1.29, 1.82) is 5.26 Å². The number of halogens is 1. The molecule has 2 aliphatic rings. The third kappa shape index (κ3) is 5.38. The van der Waals surface area contributed by atoms with Crippen molar-refractivity contribution < 1.29 is 4.39 Å². The number of thiazole rings is 1. The molecule has 2 aliphatic heterocycles. The van der Waals surface area contributed by atoms with E-state index < -0.39 is 0 Å². The highest BCUT2D eigenvalue weighted by molar-refractivity contribution is 7.16. The van der Waals surface area contributed by atoms with Crippen LogP contribution >= 0.6 is 11.3 Å². The predicted molar refractivity (Wildman–Crippen MR) is 171 cm³/mol. The van der Waals surface area contributed by atoms with E-state index >= 15 is 0 Å². The van der Waals surface area contributed by atoms with Gasteiger partial charge in [0.1, 0.15) is 33.9 Å². The lowest BCUT2D eigenvalue weighted by Gasteiger charge is -2.37. The van der Waals surface area contributed by atoms with E-state index in [0.717, 1.165) is 79.7 Å². The summed E-state index contributed by atoms with van der Waals surface area (Å²) < 4.78 is 15.6. The van der Waals surface area contributed by atoms with Gasteiger partial charge in [-0.3, -0.25) is 4.40 Å². The van der Waals surface area contributed by atoms with E-state index in [1.807, 2.05) is 36.5 Å². The summed E-state index contributed by atoms with van der Waals surface area (Å²) in [4.78, 5) is 23.9. The summed E-state index contributed by atoms with van der Waals surface area (Å²) in [7, 11) is 1.93. The summed E-state index contributed by atoms with van der Waals surface area (Å²) in [6, 6.07) is 13.5. The maximum atomic E-state index is 13.5. The van der Waals surface area contributed by atoms with Crippen LogP contribution in [-0.2, 0) is 6.42 Å². The summed E-state index contributed by atoms with van der Waals surface area (Å²) in [5.74, 6) is 1.31. The Labute approximate surface area is 259 Å². The van der Waals surface area contributed by atoms with Crippen molar-refractivity contribution in [3.63, 3.8) is 0 Å². The number of piperidine rings is 1. The number of anilines is 3. The average Bonchev–Trinajstić information content (AvgIpc) is 3.65. The molecular weight excluding hydrogens is 575 g/mol. The molecule has 0 atom stereocenters. The lowest BCUT2D eigenvalue weighted by Crippen LogP contribution is -2.59. The highest BCUT2D eigenvalue weighted by Gasteiger charge is 2.26. The highest BCUT2D eigenvalue weighted by Crippen LogP contribution is 2.37. The number of imidazole rings is 1. The van der Waals surface area contributed by atoms with Crippen LogP contribution in [0.2, 0.25) is 0 Å². The summed E-state index contributed by atoms with van der Waals surface area (Å²) in [5, 5.41) is 17.6. The molecule has 2 saturated heterocycles. The number of hydrogen-bond donors (Lipinski definition) is 2. The van der Waals surface area contributed by atoms with Crippen molar-refractivity contribution in [1.82, 2.24) is 35.0 Å². The smallest absolute Gasteiger partial charge is 0.225 e. The molecule has 6 heterocycles. The van der Waals surface area contributed by atoms with Crippen molar-refractivity contribution in [2.75, 3.05) is 43.0 Å². The van der Waals surface area contributed by atoms with Crippen LogP contribution in [0.4, 0.5) is 21.3 Å². The van der Waals surface area contributed by atoms with Crippen LogP contribution in [0.15, 0.2) is 55.0 Å². The Balaban J connectivity index is 1.14. The zero-order chi connectivity index (χ0) is 30.2. The Kier molecular flexibility index (Phi) is 7.68. The van der Waals surface area contributed by atoms with Crippen molar-refractivity contribution >= 4 is 33.9 Å². The van der Waals surface area contributed by atoms with Gasteiger partial charge < -0.3 is 20.4 Å². The number of nitrogens with one attached hydrogen (secondary N) is 2. The molecule has 0 saturated carbocycles. The van der Waals surface area contributed by atoms with E-state index in [1.54, 1.807) is 12.1 Å². The molecule has 0 aliphatic carbocycles. The quantitative estimate of drug-likeness (QED) is 0.257. The molecular formula is C32H33FN10S. The molecule has 4 aromatic heterocycles. The van der Waals surface area contributed by atoms with Crippen LogP contribution in [0.25, 0.3) is 28.0 Å². The minimum Gasteiger partial charge on any atom is -0.341 e. The average molecular weight is 609 g/mol. The second-order valence-corrected chi connectivity index (χ2v) is 12.3. The summed E-state index contributed by atoms with van der Waals surface area (Å²) in [6.07, 6.45) is 8.75. The number of fused-ring (bicyclic) bond motifs is 1. The Morgan fingerprint density at radius 2 is 1.75 bits per heavy atom. The van der Waals surface area contributed by atoms with Crippen molar-refractivity contribution in [3.05, 3.63) is 71.4 Å². The maximum Gasteiger partial charge on any atom is 0.225 e. The standard InChI is InChI=1S/C32H33FN10S/c1-3-26-30(41(2)32-40-29(27(14-34)44-32)20-4-7-23(33)8-5-20)43-19-21(6-9-28(43)39-26)22-15-36-31(37-16-22)42-12-10-24(11-13-42)38-25-17-35-18-25/h4-9,15-16,19,24-25,35,38H,3,10-13,17-18H2,1-2H3. The van der Waals surface area contributed by atoms with Gasteiger partial charge in [-0.15, -0.1) is 0 Å². The maximum absolute atomic E-state index is 13.5. The molecule has 0 bridgehead atoms. The number of aryl methyl sites for hydroxylation is 1. The molecule has 224 valence electrons. The second-order valence-electron chi connectivity index (χ2n) is 11.3. The minimum atomic E-state index is -0.330. The zero-order valence-electron chi connectivity index (χ0n) is 24.7. The molecule has 12 heteroatoms. The van der Waals surface area contributed by atoms with E-state index in [9.17, 15) is 9.65 Å². The largest absolute Gasteiger partial charge is 0.341 e. The van der Waals surface area contributed by atoms with Crippen LogP contribution in [0.1, 0.15) is 30.3 Å². The predicted octanol–water partition coefficient (Wildman–Crippen LogP) is 4.79. The van der Waals surface area contributed by atoms with E-state index in [2.05, 4.69) is 39.1 Å². The molecule has 2 N–H and O–H groups in total. The Hall–Kier alpha value is -4.44. The fraction of sp³-hybridized carbons (Fsp3) is 0.344. The molecule has 10 nitrogen and oxygen atoms in total. The number of pyridine rings is 1. The summed E-state index contributed by atoms with van der Waals surface area (Å²) >= 11 is 1.30. The van der Waals surface area contributed by atoms with E-state index in [-0.39, 0.29) is 5.82 Å². The van der Waals surface area contributed by atoms with Gasteiger partial charge in [0.2, 0.25) is 5.95 Å². The highest BCUT2D eigenvalue weighted by atomic mass is 32.1. The van der Waals surface area contributed by atoms with Crippen LogP contribution in [0, 0.1) is 17.1 Å². The Morgan fingerprint density at radius 3 is 2.41 bits per heavy atom. The normalized spacial score (nSPS) is 15.8. The first-order valence-corrected chi connectivity index (χ1v) is 15.8. The first kappa shape index (κ1) is 28.3.